The maximum atomic E-state index is 12.4. The van der Waals surface area contributed by atoms with Crippen LogP contribution in [0.4, 0.5) is 8.78 Å². The summed E-state index contributed by atoms with van der Waals surface area (Å²) in [5.74, 6) is -0.985. The molecule has 2 heterocycles. The van der Waals surface area contributed by atoms with E-state index in [4.69, 9.17) is 4.42 Å². The van der Waals surface area contributed by atoms with E-state index in [0.717, 1.165) is 12.3 Å². The van der Waals surface area contributed by atoms with E-state index in [2.05, 4.69) is 15.6 Å². The molecule has 0 radical (unpaired) electrons. The Morgan fingerprint density at radius 2 is 2.22 bits per heavy atom. The van der Waals surface area contributed by atoms with Crippen molar-refractivity contribution < 1.29 is 23.1 Å². The third-order valence-electron chi connectivity index (χ3n) is 2.78. The number of alkyl halides is 2. The third kappa shape index (κ3) is 3.59. The summed E-state index contributed by atoms with van der Waals surface area (Å²) in [6, 6.07) is 2.31. The Hall–Kier alpha value is -3.04. The first-order valence-corrected chi connectivity index (χ1v) is 6.31. The van der Waals surface area contributed by atoms with E-state index in [1.165, 1.54) is 19.9 Å². The van der Waals surface area contributed by atoms with E-state index in [0.29, 0.717) is 4.68 Å². The highest BCUT2D eigenvalue weighted by Crippen LogP contribution is 2.15. The Balaban J connectivity index is 2.19. The first-order valence-electron chi connectivity index (χ1n) is 6.31. The number of nitrogens with zero attached hydrogens (tertiary/aromatic N) is 3. The average Bonchev–Trinajstić information content (AvgIpc) is 2.93. The number of aryl methyl sites for hydroxylation is 1. The van der Waals surface area contributed by atoms with Crippen molar-refractivity contribution in [2.24, 2.45) is 5.10 Å². The fourth-order valence-electron chi connectivity index (χ4n) is 1.74. The van der Waals surface area contributed by atoms with E-state index in [9.17, 15) is 23.5 Å². The normalized spacial score (nSPS) is 11.8. The van der Waals surface area contributed by atoms with Crippen LogP contribution in [-0.4, -0.2) is 26.5 Å². The molecule has 2 rings (SSSR count). The van der Waals surface area contributed by atoms with Crippen molar-refractivity contribution in [3.05, 3.63) is 45.8 Å². The van der Waals surface area contributed by atoms with Gasteiger partial charge in [-0.05, 0) is 19.9 Å². The van der Waals surface area contributed by atoms with Crippen molar-refractivity contribution >= 4 is 11.6 Å². The molecule has 1 amide bonds. The number of carbonyl (C=O) groups excluding carboxylic acids is 1. The summed E-state index contributed by atoms with van der Waals surface area (Å²) in [6.07, 6.45) is 0.941. The largest absolute Gasteiger partial charge is 0.507 e. The summed E-state index contributed by atoms with van der Waals surface area (Å²) in [7, 11) is 0. The average molecular weight is 326 g/mol. The number of hydrogen-bond donors (Lipinski definition) is 2. The second-order valence-corrected chi connectivity index (χ2v) is 4.50. The fourth-order valence-corrected chi connectivity index (χ4v) is 1.74. The van der Waals surface area contributed by atoms with Crippen LogP contribution in [-0.2, 0) is 0 Å². The topological polar surface area (TPSA) is 110 Å². The lowest BCUT2D eigenvalue weighted by Gasteiger charge is -2.03. The van der Waals surface area contributed by atoms with Crippen LogP contribution in [0, 0.1) is 6.92 Å². The Morgan fingerprint density at radius 3 is 2.78 bits per heavy atom. The van der Waals surface area contributed by atoms with Crippen LogP contribution in [0.25, 0.3) is 0 Å². The van der Waals surface area contributed by atoms with Gasteiger partial charge in [0.15, 0.2) is 5.69 Å². The minimum Gasteiger partial charge on any atom is -0.507 e. The molecule has 0 aliphatic carbocycles. The molecule has 0 atom stereocenters. The van der Waals surface area contributed by atoms with E-state index in [1.54, 1.807) is 0 Å². The van der Waals surface area contributed by atoms with Crippen LogP contribution in [0.1, 0.15) is 35.3 Å². The fraction of sp³-hybridized carbons (Fsp3) is 0.231. The summed E-state index contributed by atoms with van der Waals surface area (Å²) in [5.41, 5.74) is 0.730. The van der Waals surface area contributed by atoms with Crippen molar-refractivity contribution in [3.63, 3.8) is 0 Å². The first kappa shape index (κ1) is 16.3. The minimum atomic E-state index is -2.86. The van der Waals surface area contributed by atoms with Gasteiger partial charge < -0.3 is 9.52 Å². The van der Waals surface area contributed by atoms with E-state index in [-0.39, 0.29) is 28.5 Å². The SMILES string of the molecule is C/C(=N\NC(=O)c1ccn(C(F)F)n1)c1c(O)cc(C)oc1=O. The molecule has 0 aliphatic heterocycles. The smallest absolute Gasteiger partial charge is 0.348 e. The molecular weight excluding hydrogens is 314 g/mol. The molecule has 0 saturated carbocycles. The zero-order chi connectivity index (χ0) is 17.1. The van der Waals surface area contributed by atoms with Gasteiger partial charge in [-0.15, -0.1) is 0 Å². The lowest BCUT2D eigenvalue weighted by Crippen LogP contribution is -2.22. The molecule has 0 saturated heterocycles. The number of aromatic nitrogens is 2. The number of hydrogen-bond acceptors (Lipinski definition) is 6. The van der Waals surface area contributed by atoms with Crippen molar-refractivity contribution in [1.29, 1.82) is 0 Å². The molecule has 122 valence electrons. The molecule has 23 heavy (non-hydrogen) atoms. The number of amides is 1. The Kier molecular flexibility index (Phi) is 4.53. The molecular formula is C13H12F2N4O4. The van der Waals surface area contributed by atoms with Gasteiger partial charge in [0, 0.05) is 12.3 Å². The van der Waals surface area contributed by atoms with E-state index >= 15 is 0 Å². The van der Waals surface area contributed by atoms with Crippen LogP contribution in [0.5, 0.6) is 5.75 Å². The molecule has 2 N–H and O–H groups in total. The predicted octanol–water partition coefficient (Wildman–Crippen LogP) is 1.40. The number of aromatic hydroxyl groups is 1. The molecule has 2 aromatic rings. The standard InChI is InChI=1S/C13H12F2N4O4/c1-6-5-9(20)10(12(22)23-6)7(2)16-17-11(21)8-3-4-19(18-8)13(14)15/h3-5,13,20H,1-2H3,(H,17,21)/b16-7+. The van der Waals surface area contributed by atoms with Crippen LogP contribution >= 0.6 is 0 Å². The van der Waals surface area contributed by atoms with E-state index < -0.39 is 18.1 Å². The second-order valence-electron chi connectivity index (χ2n) is 4.50. The van der Waals surface area contributed by atoms with Crippen LogP contribution in [0.2, 0.25) is 0 Å². The Labute approximate surface area is 128 Å². The molecule has 8 nitrogen and oxygen atoms in total. The molecule has 0 bridgehead atoms. The number of halogens is 2. The van der Waals surface area contributed by atoms with Crippen molar-refractivity contribution in [3.8, 4) is 5.75 Å². The van der Waals surface area contributed by atoms with Gasteiger partial charge in [-0.3, -0.25) is 4.79 Å². The summed E-state index contributed by atoms with van der Waals surface area (Å²) < 4.78 is 29.9. The lowest BCUT2D eigenvalue weighted by atomic mass is 10.2. The predicted molar refractivity (Wildman–Crippen MR) is 74.5 cm³/mol. The molecule has 0 fully saturated rings. The van der Waals surface area contributed by atoms with Gasteiger partial charge >= 0.3 is 12.2 Å². The number of nitrogens with one attached hydrogen (secondary N) is 1. The first-order chi connectivity index (χ1) is 10.8. The van der Waals surface area contributed by atoms with Gasteiger partial charge in [-0.25, -0.2) is 14.9 Å². The number of rotatable bonds is 4. The highest BCUT2D eigenvalue weighted by Gasteiger charge is 2.15. The molecule has 10 heteroatoms. The summed E-state index contributed by atoms with van der Waals surface area (Å²) in [5, 5.41) is 16.7. The molecule has 0 aromatic carbocycles. The summed E-state index contributed by atoms with van der Waals surface area (Å²) in [6.45, 7) is -0.0198. The molecule has 0 aliphatic rings. The van der Waals surface area contributed by atoms with Crippen LogP contribution in [0.15, 0.2) is 32.6 Å². The third-order valence-corrected chi connectivity index (χ3v) is 2.78. The summed E-state index contributed by atoms with van der Waals surface area (Å²) >= 11 is 0. The van der Waals surface area contributed by atoms with Gasteiger partial charge in [-0.2, -0.15) is 19.0 Å². The van der Waals surface area contributed by atoms with Crippen molar-refractivity contribution in [2.75, 3.05) is 0 Å². The Morgan fingerprint density at radius 1 is 1.52 bits per heavy atom. The lowest BCUT2D eigenvalue weighted by molar-refractivity contribution is 0.0560. The van der Waals surface area contributed by atoms with Gasteiger partial charge in [0.05, 0.1) is 5.71 Å². The zero-order valence-electron chi connectivity index (χ0n) is 12.1. The Bertz CT molecular complexity index is 826. The van der Waals surface area contributed by atoms with Crippen molar-refractivity contribution in [1.82, 2.24) is 15.2 Å². The quantitative estimate of drug-likeness (QED) is 0.652. The van der Waals surface area contributed by atoms with E-state index in [1.807, 2.05) is 0 Å². The highest BCUT2D eigenvalue weighted by atomic mass is 19.3. The number of carbonyl (C=O) groups is 1. The highest BCUT2D eigenvalue weighted by molar-refractivity contribution is 6.01. The van der Waals surface area contributed by atoms with Gasteiger partial charge in [-0.1, -0.05) is 0 Å². The molecule has 0 unspecified atom stereocenters. The maximum Gasteiger partial charge on any atom is 0.348 e. The second kappa shape index (κ2) is 6.38. The number of hydrazone groups is 1. The monoisotopic (exact) mass is 326 g/mol. The maximum absolute atomic E-state index is 12.4. The van der Waals surface area contributed by atoms with Gasteiger partial charge in [0.1, 0.15) is 17.1 Å². The van der Waals surface area contributed by atoms with Crippen molar-refractivity contribution in [2.45, 2.75) is 20.4 Å². The molecule has 2 aromatic heterocycles. The van der Waals surface area contributed by atoms with Crippen LogP contribution < -0.4 is 11.1 Å². The zero-order valence-corrected chi connectivity index (χ0v) is 12.1. The molecule has 0 spiro atoms. The minimum absolute atomic E-state index is 0.0158. The summed E-state index contributed by atoms with van der Waals surface area (Å²) in [4.78, 5) is 23.4. The van der Waals surface area contributed by atoms with Gasteiger partial charge in [0.2, 0.25) is 0 Å². The van der Waals surface area contributed by atoms with Crippen LogP contribution in [0.3, 0.4) is 0 Å². The van der Waals surface area contributed by atoms with Gasteiger partial charge in [0.25, 0.3) is 5.91 Å².